The van der Waals surface area contributed by atoms with Crippen molar-refractivity contribution in [1.82, 2.24) is 4.90 Å². The Bertz CT molecular complexity index is 600. The Hall–Kier alpha value is -1.43. The summed E-state index contributed by atoms with van der Waals surface area (Å²) < 4.78 is 0. The number of piperidine rings is 1. The maximum Gasteiger partial charge on any atom is 0.241 e. The first-order valence-corrected chi connectivity index (χ1v) is 8.39. The van der Waals surface area contributed by atoms with Gasteiger partial charge in [-0.25, -0.2) is 0 Å². The molecule has 0 spiro atoms. The fourth-order valence-electron chi connectivity index (χ4n) is 3.49. The number of hydrogen-bond donors (Lipinski definition) is 2. The van der Waals surface area contributed by atoms with Crippen molar-refractivity contribution >= 4 is 11.6 Å². The molecular formula is C18H26N2O3. The van der Waals surface area contributed by atoms with E-state index in [1.54, 1.807) is 6.92 Å². The van der Waals surface area contributed by atoms with Crippen molar-refractivity contribution in [3.05, 3.63) is 29.3 Å². The number of benzene rings is 1. The zero-order chi connectivity index (χ0) is 16.6. The molecule has 0 radical (unpaired) electrons. The molecular weight excluding hydrogens is 292 g/mol. The second kappa shape index (κ2) is 6.23. The van der Waals surface area contributed by atoms with Crippen LogP contribution in [0.15, 0.2) is 18.2 Å². The van der Waals surface area contributed by atoms with E-state index in [4.69, 9.17) is 0 Å². The summed E-state index contributed by atoms with van der Waals surface area (Å²) in [6, 6.07) is 6.25. The standard InChI is InChI=1S/C18H26N2O3/c1-13-5-6-15-14(10-13)4-3-8-20(15)17(22)12-19-9-7-18(2,23)16(21)11-19/h5-6,10,16,21,23H,3-4,7-9,11-12H2,1-2H3/t16-,18-/m0/s1. The third kappa shape index (κ3) is 3.42. The van der Waals surface area contributed by atoms with Crippen molar-refractivity contribution in [2.45, 2.75) is 44.8 Å². The number of anilines is 1. The number of fused-ring (bicyclic) bond motifs is 1. The number of rotatable bonds is 2. The molecule has 0 saturated carbocycles. The molecule has 2 aliphatic rings. The molecule has 5 nitrogen and oxygen atoms in total. The summed E-state index contributed by atoms with van der Waals surface area (Å²) in [6.07, 6.45) is 1.68. The number of aliphatic hydroxyl groups is 2. The average Bonchev–Trinajstić information content (AvgIpc) is 2.50. The Morgan fingerprint density at radius 2 is 2.17 bits per heavy atom. The molecule has 2 N–H and O–H groups in total. The van der Waals surface area contributed by atoms with Gasteiger partial charge in [0.1, 0.15) is 0 Å². The van der Waals surface area contributed by atoms with Gasteiger partial charge in [-0.05, 0) is 44.7 Å². The Labute approximate surface area is 137 Å². The van der Waals surface area contributed by atoms with E-state index in [-0.39, 0.29) is 5.91 Å². The van der Waals surface area contributed by atoms with E-state index in [1.165, 1.54) is 11.1 Å². The molecule has 1 fully saturated rings. The van der Waals surface area contributed by atoms with Crippen LogP contribution in [0.5, 0.6) is 0 Å². The van der Waals surface area contributed by atoms with E-state index in [2.05, 4.69) is 13.0 Å². The molecule has 0 bridgehead atoms. The van der Waals surface area contributed by atoms with Crippen LogP contribution in [0.4, 0.5) is 5.69 Å². The number of likely N-dealkylation sites (tertiary alicyclic amines) is 1. The van der Waals surface area contributed by atoms with Gasteiger partial charge in [-0.1, -0.05) is 17.7 Å². The van der Waals surface area contributed by atoms with E-state index in [1.807, 2.05) is 21.9 Å². The third-order valence-electron chi connectivity index (χ3n) is 5.10. The Morgan fingerprint density at radius 1 is 1.39 bits per heavy atom. The quantitative estimate of drug-likeness (QED) is 0.857. The fraction of sp³-hybridized carbons (Fsp3) is 0.611. The number of aryl methyl sites for hydroxylation is 2. The minimum atomic E-state index is -1.05. The first-order valence-electron chi connectivity index (χ1n) is 8.39. The van der Waals surface area contributed by atoms with Crippen LogP contribution in [0.2, 0.25) is 0 Å². The van der Waals surface area contributed by atoms with E-state index in [0.29, 0.717) is 26.1 Å². The number of carbonyl (C=O) groups is 1. The molecule has 1 amide bonds. The van der Waals surface area contributed by atoms with Crippen molar-refractivity contribution in [2.75, 3.05) is 31.1 Å². The second-order valence-corrected chi connectivity index (χ2v) is 7.14. The molecule has 2 atom stereocenters. The Kier molecular flexibility index (Phi) is 4.45. The molecule has 3 rings (SSSR count). The lowest BCUT2D eigenvalue weighted by molar-refractivity contribution is -0.127. The van der Waals surface area contributed by atoms with Crippen molar-refractivity contribution in [2.24, 2.45) is 0 Å². The minimum Gasteiger partial charge on any atom is -0.389 e. The van der Waals surface area contributed by atoms with Gasteiger partial charge < -0.3 is 15.1 Å². The summed E-state index contributed by atoms with van der Waals surface area (Å²) in [7, 11) is 0. The first-order chi connectivity index (χ1) is 10.9. The smallest absolute Gasteiger partial charge is 0.241 e. The Morgan fingerprint density at radius 3 is 2.91 bits per heavy atom. The van der Waals surface area contributed by atoms with E-state index < -0.39 is 11.7 Å². The fourth-order valence-corrected chi connectivity index (χ4v) is 3.49. The predicted octanol–water partition coefficient (Wildman–Crippen LogP) is 1.09. The van der Waals surface area contributed by atoms with Gasteiger partial charge in [-0.3, -0.25) is 9.69 Å². The van der Waals surface area contributed by atoms with Gasteiger partial charge >= 0.3 is 0 Å². The SMILES string of the molecule is Cc1ccc2c(c1)CCCN2C(=O)CN1CC[C@](C)(O)[C@@H](O)C1. The number of β-amino-alcohol motifs (C(OH)–C–C–N with tert-alkyl or cyclic N) is 1. The molecule has 23 heavy (non-hydrogen) atoms. The third-order valence-corrected chi connectivity index (χ3v) is 5.10. The molecule has 0 aromatic heterocycles. The lowest BCUT2D eigenvalue weighted by Crippen LogP contribution is -2.55. The van der Waals surface area contributed by atoms with Crippen LogP contribution >= 0.6 is 0 Å². The zero-order valence-electron chi connectivity index (χ0n) is 14.0. The van der Waals surface area contributed by atoms with Crippen molar-refractivity contribution in [1.29, 1.82) is 0 Å². The summed E-state index contributed by atoms with van der Waals surface area (Å²) in [6.45, 7) is 5.74. The topological polar surface area (TPSA) is 64.0 Å². The zero-order valence-corrected chi connectivity index (χ0v) is 14.0. The molecule has 5 heteroatoms. The monoisotopic (exact) mass is 318 g/mol. The van der Waals surface area contributed by atoms with Crippen LogP contribution in [0.3, 0.4) is 0 Å². The number of carbonyl (C=O) groups excluding carboxylic acids is 1. The van der Waals surface area contributed by atoms with Gasteiger partial charge in [-0.15, -0.1) is 0 Å². The van der Waals surface area contributed by atoms with Gasteiger partial charge in [0.05, 0.1) is 18.2 Å². The average molecular weight is 318 g/mol. The van der Waals surface area contributed by atoms with Crippen LogP contribution in [-0.4, -0.2) is 58.9 Å². The Balaban J connectivity index is 1.68. The molecule has 1 aromatic carbocycles. The van der Waals surface area contributed by atoms with Crippen molar-refractivity contribution in [3.63, 3.8) is 0 Å². The van der Waals surface area contributed by atoms with Crippen LogP contribution in [0.1, 0.15) is 30.9 Å². The summed E-state index contributed by atoms with van der Waals surface area (Å²) in [5, 5.41) is 20.0. The summed E-state index contributed by atoms with van der Waals surface area (Å²) in [5.74, 6) is 0.0727. The van der Waals surface area contributed by atoms with Crippen LogP contribution in [0, 0.1) is 6.92 Å². The second-order valence-electron chi connectivity index (χ2n) is 7.14. The highest BCUT2D eigenvalue weighted by atomic mass is 16.3. The number of aliphatic hydroxyl groups excluding tert-OH is 1. The van der Waals surface area contributed by atoms with Gasteiger partial charge in [-0.2, -0.15) is 0 Å². The van der Waals surface area contributed by atoms with Gasteiger partial charge in [0, 0.05) is 25.3 Å². The largest absolute Gasteiger partial charge is 0.389 e. The van der Waals surface area contributed by atoms with Gasteiger partial charge in [0.2, 0.25) is 5.91 Å². The molecule has 1 saturated heterocycles. The number of nitrogens with zero attached hydrogens (tertiary/aromatic N) is 2. The summed E-state index contributed by atoms with van der Waals surface area (Å²) in [4.78, 5) is 16.5. The molecule has 2 aliphatic heterocycles. The lowest BCUT2D eigenvalue weighted by atomic mass is 9.91. The van der Waals surface area contributed by atoms with Crippen LogP contribution in [0.25, 0.3) is 0 Å². The van der Waals surface area contributed by atoms with E-state index in [9.17, 15) is 15.0 Å². The van der Waals surface area contributed by atoms with Gasteiger partial charge in [0.15, 0.2) is 0 Å². The van der Waals surface area contributed by atoms with E-state index in [0.717, 1.165) is 25.1 Å². The molecule has 0 aliphatic carbocycles. The summed E-state index contributed by atoms with van der Waals surface area (Å²) >= 11 is 0. The van der Waals surface area contributed by atoms with Crippen LogP contribution in [-0.2, 0) is 11.2 Å². The predicted molar refractivity (Wildman–Crippen MR) is 89.5 cm³/mol. The lowest BCUT2D eigenvalue weighted by Gasteiger charge is -2.40. The molecule has 1 aromatic rings. The molecule has 2 heterocycles. The van der Waals surface area contributed by atoms with Crippen molar-refractivity contribution in [3.8, 4) is 0 Å². The maximum atomic E-state index is 12.7. The first kappa shape index (κ1) is 16.4. The normalized spacial score (nSPS) is 28.5. The molecule has 0 unspecified atom stereocenters. The highest BCUT2D eigenvalue weighted by molar-refractivity contribution is 5.96. The summed E-state index contributed by atoms with van der Waals surface area (Å²) in [5.41, 5.74) is 2.44. The molecule has 126 valence electrons. The number of amides is 1. The van der Waals surface area contributed by atoms with Crippen LogP contribution < -0.4 is 4.90 Å². The highest BCUT2D eigenvalue weighted by Crippen LogP contribution is 2.28. The van der Waals surface area contributed by atoms with Gasteiger partial charge in [0.25, 0.3) is 0 Å². The van der Waals surface area contributed by atoms with E-state index >= 15 is 0 Å². The highest BCUT2D eigenvalue weighted by Gasteiger charge is 2.37. The minimum absolute atomic E-state index is 0.0727. The van der Waals surface area contributed by atoms with Crippen molar-refractivity contribution < 1.29 is 15.0 Å². The number of hydrogen-bond acceptors (Lipinski definition) is 4. The maximum absolute atomic E-state index is 12.7.